The van der Waals surface area contributed by atoms with Gasteiger partial charge in [0.05, 0.1) is 0 Å². The maximum Gasteiger partial charge on any atom is 0.219 e. The molecule has 0 saturated heterocycles. The lowest BCUT2D eigenvalue weighted by Crippen LogP contribution is -2.20. The fraction of sp³-hybridized carbons (Fsp3) is 0.147. The Morgan fingerprint density at radius 1 is 0.737 bits per heavy atom. The van der Waals surface area contributed by atoms with Crippen molar-refractivity contribution < 1.29 is 9.47 Å². The van der Waals surface area contributed by atoms with E-state index in [9.17, 15) is 0 Å². The van der Waals surface area contributed by atoms with Crippen LogP contribution < -0.4 is 9.47 Å². The molecule has 0 bridgehead atoms. The number of pyridine rings is 1. The number of halogens is 1. The Hall–Kier alpha value is -3.89. The summed E-state index contributed by atoms with van der Waals surface area (Å²) in [5.41, 5.74) is 6.58. The Labute approximate surface area is 232 Å². The molecule has 0 aliphatic heterocycles. The first kappa shape index (κ1) is 24.4. The van der Waals surface area contributed by atoms with Gasteiger partial charge in [0.25, 0.3) is 0 Å². The molecule has 0 amide bonds. The molecule has 1 aliphatic carbocycles. The molecule has 1 aromatic heterocycles. The molecular weight excluding hydrogens is 534 g/mol. The molecule has 2 unspecified atom stereocenters. The summed E-state index contributed by atoms with van der Waals surface area (Å²) in [5.74, 6) is 2.94. The molecular formula is C34H28BrNO2. The SMILES string of the molecule is Brc1ccc(Oc2ccc(C3c4ccc(OCc5ccccc5)cc4CCC3c3ccccc3)cc2)nc1. The third kappa shape index (κ3) is 5.51. The van der Waals surface area contributed by atoms with Crippen LogP contribution in [0.4, 0.5) is 0 Å². The van der Waals surface area contributed by atoms with Gasteiger partial charge in [-0.2, -0.15) is 0 Å². The molecule has 0 N–H and O–H groups in total. The maximum absolute atomic E-state index is 6.16. The van der Waals surface area contributed by atoms with Crippen LogP contribution in [0.2, 0.25) is 0 Å². The van der Waals surface area contributed by atoms with Crippen LogP contribution in [0, 0.1) is 0 Å². The van der Waals surface area contributed by atoms with Crippen LogP contribution in [-0.4, -0.2) is 4.98 Å². The van der Waals surface area contributed by atoms with E-state index in [4.69, 9.17) is 9.47 Å². The number of rotatable bonds is 7. The van der Waals surface area contributed by atoms with Crippen LogP contribution in [0.15, 0.2) is 126 Å². The van der Waals surface area contributed by atoms with Gasteiger partial charge >= 0.3 is 0 Å². The Morgan fingerprint density at radius 3 is 2.21 bits per heavy atom. The summed E-state index contributed by atoms with van der Waals surface area (Å²) < 4.78 is 13.1. The highest BCUT2D eigenvalue weighted by molar-refractivity contribution is 9.10. The molecule has 0 saturated carbocycles. The Bertz CT molecular complexity index is 1490. The zero-order chi connectivity index (χ0) is 25.7. The van der Waals surface area contributed by atoms with E-state index in [1.807, 2.05) is 42.5 Å². The summed E-state index contributed by atoms with van der Waals surface area (Å²) in [6, 6.07) is 40.1. The molecule has 5 aromatic rings. The molecule has 1 aliphatic rings. The van der Waals surface area contributed by atoms with Crippen molar-refractivity contribution >= 4 is 15.9 Å². The van der Waals surface area contributed by atoms with Crippen molar-refractivity contribution in [2.75, 3.05) is 0 Å². The first-order valence-electron chi connectivity index (χ1n) is 13.0. The van der Waals surface area contributed by atoms with E-state index in [-0.39, 0.29) is 5.92 Å². The van der Waals surface area contributed by atoms with E-state index >= 15 is 0 Å². The van der Waals surface area contributed by atoms with Gasteiger partial charge in [0.1, 0.15) is 18.1 Å². The molecule has 188 valence electrons. The van der Waals surface area contributed by atoms with E-state index in [0.717, 1.165) is 28.8 Å². The standard InChI is InChI=1S/C34H28BrNO2/c35-28-14-20-33(36-22-28)38-29-15-11-26(12-16-29)34-31(25-9-5-2-6-10-25)18-13-27-21-30(17-19-32(27)34)37-23-24-7-3-1-4-8-24/h1-12,14-17,19-22,31,34H,13,18,23H2. The highest BCUT2D eigenvalue weighted by Gasteiger charge is 2.32. The minimum Gasteiger partial charge on any atom is -0.489 e. The maximum atomic E-state index is 6.16. The summed E-state index contributed by atoms with van der Waals surface area (Å²) in [5, 5.41) is 0. The molecule has 3 nitrogen and oxygen atoms in total. The van der Waals surface area contributed by atoms with E-state index in [1.165, 1.54) is 27.8 Å². The third-order valence-electron chi connectivity index (χ3n) is 7.21. The van der Waals surface area contributed by atoms with Gasteiger partial charge in [-0.15, -0.1) is 0 Å². The number of nitrogens with zero attached hydrogens (tertiary/aromatic N) is 1. The number of aryl methyl sites for hydroxylation is 1. The number of ether oxygens (including phenoxy) is 2. The lowest BCUT2D eigenvalue weighted by molar-refractivity contribution is 0.305. The van der Waals surface area contributed by atoms with Crippen molar-refractivity contribution in [2.24, 2.45) is 0 Å². The molecule has 0 fully saturated rings. The normalized spacial score (nSPS) is 16.4. The number of aromatic nitrogens is 1. The van der Waals surface area contributed by atoms with Crippen LogP contribution in [0.5, 0.6) is 17.4 Å². The van der Waals surface area contributed by atoms with Gasteiger partial charge in [0.15, 0.2) is 0 Å². The zero-order valence-electron chi connectivity index (χ0n) is 21.0. The van der Waals surface area contributed by atoms with Crippen LogP contribution in [0.3, 0.4) is 0 Å². The fourth-order valence-corrected chi connectivity index (χ4v) is 5.62. The van der Waals surface area contributed by atoms with Crippen molar-refractivity contribution in [3.63, 3.8) is 0 Å². The number of hydrogen-bond donors (Lipinski definition) is 0. The summed E-state index contributed by atoms with van der Waals surface area (Å²) in [4.78, 5) is 4.33. The zero-order valence-corrected chi connectivity index (χ0v) is 22.6. The van der Waals surface area contributed by atoms with Crippen molar-refractivity contribution in [1.29, 1.82) is 0 Å². The number of benzene rings is 4. The van der Waals surface area contributed by atoms with E-state index in [0.29, 0.717) is 18.4 Å². The van der Waals surface area contributed by atoms with Crippen molar-refractivity contribution in [2.45, 2.75) is 31.3 Å². The van der Waals surface area contributed by atoms with E-state index in [2.05, 4.69) is 93.7 Å². The summed E-state index contributed by atoms with van der Waals surface area (Å²) in [7, 11) is 0. The molecule has 4 heteroatoms. The monoisotopic (exact) mass is 561 g/mol. The molecule has 38 heavy (non-hydrogen) atoms. The highest BCUT2D eigenvalue weighted by atomic mass is 79.9. The molecule has 0 radical (unpaired) electrons. The average Bonchev–Trinajstić information content (AvgIpc) is 2.98. The van der Waals surface area contributed by atoms with Gasteiger partial charge in [0, 0.05) is 22.7 Å². The second-order valence-electron chi connectivity index (χ2n) is 9.65. The summed E-state index contributed by atoms with van der Waals surface area (Å²) in [6.07, 6.45) is 3.86. The van der Waals surface area contributed by atoms with Gasteiger partial charge < -0.3 is 9.47 Å². The smallest absolute Gasteiger partial charge is 0.219 e. The van der Waals surface area contributed by atoms with Gasteiger partial charge in [-0.3, -0.25) is 0 Å². The summed E-state index contributed by atoms with van der Waals surface area (Å²) >= 11 is 3.42. The third-order valence-corrected chi connectivity index (χ3v) is 7.68. The van der Waals surface area contributed by atoms with Crippen molar-refractivity contribution in [1.82, 2.24) is 4.98 Å². The number of hydrogen-bond acceptors (Lipinski definition) is 3. The lowest BCUT2D eigenvalue weighted by Gasteiger charge is -2.35. The van der Waals surface area contributed by atoms with Gasteiger partial charge in [-0.05, 0) is 92.8 Å². The van der Waals surface area contributed by atoms with E-state index < -0.39 is 0 Å². The minimum absolute atomic E-state index is 0.254. The van der Waals surface area contributed by atoms with Gasteiger partial charge in [-0.25, -0.2) is 4.98 Å². The molecule has 0 spiro atoms. The molecule has 4 aromatic carbocycles. The first-order valence-corrected chi connectivity index (χ1v) is 13.8. The fourth-order valence-electron chi connectivity index (χ4n) is 5.38. The Kier molecular flexibility index (Phi) is 7.23. The quantitative estimate of drug-likeness (QED) is 0.198. The number of fused-ring (bicyclic) bond motifs is 1. The second kappa shape index (κ2) is 11.2. The topological polar surface area (TPSA) is 31.4 Å². The van der Waals surface area contributed by atoms with E-state index in [1.54, 1.807) is 6.20 Å². The first-order chi connectivity index (χ1) is 18.7. The molecule has 1 heterocycles. The predicted octanol–water partition coefficient (Wildman–Crippen LogP) is 9.08. The minimum atomic E-state index is 0.254. The Balaban J connectivity index is 1.29. The highest BCUT2D eigenvalue weighted by Crippen LogP contribution is 2.47. The van der Waals surface area contributed by atoms with Crippen LogP contribution >= 0.6 is 15.9 Å². The van der Waals surface area contributed by atoms with Crippen molar-refractivity contribution in [3.8, 4) is 17.4 Å². The van der Waals surface area contributed by atoms with Crippen LogP contribution in [-0.2, 0) is 13.0 Å². The largest absolute Gasteiger partial charge is 0.489 e. The molecule has 6 rings (SSSR count). The second-order valence-corrected chi connectivity index (χ2v) is 10.6. The van der Waals surface area contributed by atoms with Gasteiger partial charge in [0.2, 0.25) is 5.88 Å². The van der Waals surface area contributed by atoms with Crippen molar-refractivity contribution in [3.05, 3.63) is 154 Å². The Morgan fingerprint density at radius 2 is 1.47 bits per heavy atom. The van der Waals surface area contributed by atoms with Crippen LogP contribution in [0.25, 0.3) is 0 Å². The van der Waals surface area contributed by atoms with Gasteiger partial charge in [-0.1, -0.05) is 78.9 Å². The predicted molar refractivity (Wildman–Crippen MR) is 155 cm³/mol. The van der Waals surface area contributed by atoms with Crippen LogP contribution in [0.1, 0.15) is 46.1 Å². The molecule has 2 atom stereocenters. The lowest BCUT2D eigenvalue weighted by atomic mass is 9.69. The average molecular weight is 563 g/mol. The summed E-state index contributed by atoms with van der Waals surface area (Å²) in [6.45, 7) is 0.574.